The van der Waals surface area contributed by atoms with Crippen LogP contribution in [-0.4, -0.2) is 30.7 Å². The van der Waals surface area contributed by atoms with Crippen molar-refractivity contribution >= 4 is 17.6 Å². The van der Waals surface area contributed by atoms with Gasteiger partial charge in [0.25, 0.3) is 0 Å². The first-order chi connectivity index (χ1) is 12.2. The molecule has 2 aliphatic rings. The van der Waals surface area contributed by atoms with Crippen molar-refractivity contribution in [2.45, 2.75) is 58.7 Å². The van der Waals surface area contributed by atoms with Gasteiger partial charge in [-0.15, -0.1) is 0 Å². The maximum absolute atomic E-state index is 13.4. The molecule has 5 nitrogen and oxygen atoms in total. The van der Waals surface area contributed by atoms with Gasteiger partial charge in [-0.3, -0.25) is 9.59 Å². The Morgan fingerprint density at radius 2 is 2.08 bits per heavy atom. The van der Waals surface area contributed by atoms with Crippen LogP contribution in [0.5, 0.6) is 0 Å². The molecule has 1 aromatic carbocycles. The number of fused-ring (bicyclic) bond motifs is 1. The third-order valence-corrected chi connectivity index (χ3v) is 5.32. The Morgan fingerprint density at radius 1 is 1.35 bits per heavy atom. The van der Waals surface area contributed by atoms with E-state index in [-0.39, 0.29) is 30.0 Å². The van der Waals surface area contributed by atoms with Crippen LogP contribution in [0, 0.1) is 17.2 Å². The maximum atomic E-state index is 13.4. The number of nitrogens with one attached hydrogen (secondary N) is 1. The molecule has 1 aromatic rings. The molecule has 26 heavy (non-hydrogen) atoms. The van der Waals surface area contributed by atoms with Gasteiger partial charge >= 0.3 is 5.97 Å². The van der Waals surface area contributed by atoms with Gasteiger partial charge in [-0.1, -0.05) is 33.8 Å². The first-order valence-corrected chi connectivity index (χ1v) is 9.10. The second kappa shape index (κ2) is 6.99. The minimum Gasteiger partial charge on any atom is -0.461 e. The topological polar surface area (TPSA) is 64.6 Å². The van der Waals surface area contributed by atoms with E-state index < -0.39 is 17.7 Å². The number of ether oxygens (including phenoxy) is 2. The molecule has 0 unspecified atom stereocenters. The maximum Gasteiger partial charge on any atom is 0.314 e. The molecule has 6 heteroatoms. The Bertz CT molecular complexity index is 716. The predicted octanol–water partition coefficient (Wildman–Crippen LogP) is 3.63. The SMILES string of the molecule is CC(C)CO[C@@H]1C[C@H](OC(=O)[C@H]2CC(=O)Nc3cc(F)ccc32)C1(C)C. The molecule has 1 heterocycles. The molecule has 0 radical (unpaired) electrons. The van der Waals surface area contributed by atoms with Gasteiger partial charge in [-0.25, -0.2) is 4.39 Å². The summed E-state index contributed by atoms with van der Waals surface area (Å²) in [6, 6.07) is 4.06. The zero-order valence-electron chi connectivity index (χ0n) is 15.7. The summed E-state index contributed by atoms with van der Waals surface area (Å²) in [5, 5.41) is 2.61. The third-order valence-electron chi connectivity index (χ3n) is 5.32. The number of rotatable bonds is 5. The van der Waals surface area contributed by atoms with Crippen molar-refractivity contribution in [1.29, 1.82) is 0 Å². The molecule has 0 saturated heterocycles. The van der Waals surface area contributed by atoms with Crippen molar-refractivity contribution in [3.63, 3.8) is 0 Å². The van der Waals surface area contributed by atoms with E-state index in [4.69, 9.17) is 9.47 Å². The van der Waals surface area contributed by atoms with Crippen molar-refractivity contribution in [2.24, 2.45) is 11.3 Å². The van der Waals surface area contributed by atoms with Gasteiger partial charge in [-0.2, -0.15) is 0 Å². The van der Waals surface area contributed by atoms with Crippen molar-refractivity contribution in [3.8, 4) is 0 Å². The van der Waals surface area contributed by atoms with Gasteiger partial charge < -0.3 is 14.8 Å². The fourth-order valence-corrected chi connectivity index (χ4v) is 3.51. The molecule has 3 atom stereocenters. The molecule has 0 aromatic heterocycles. The molecule has 142 valence electrons. The number of carbonyl (C=O) groups excluding carboxylic acids is 2. The van der Waals surface area contributed by atoms with Crippen molar-refractivity contribution in [3.05, 3.63) is 29.6 Å². The highest BCUT2D eigenvalue weighted by Crippen LogP contribution is 2.46. The Hall–Kier alpha value is -1.95. The van der Waals surface area contributed by atoms with Crippen molar-refractivity contribution in [1.82, 2.24) is 0 Å². The zero-order chi connectivity index (χ0) is 19.1. The lowest BCUT2D eigenvalue weighted by molar-refractivity contribution is -0.206. The average molecular weight is 363 g/mol. The van der Waals surface area contributed by atoms with Gasteiger partial charge in [0.05, 0.1) is 12.0 Å². The minimum absolute atomic E-state index is 0.0118. The fourth-order valence-electron chi connectivity index (χ4n) is 3.51. The molecule has 1 amide bonds. The summed E-state index contributed by atoms with van der Waals surface area (Å²) in [6.07, 6.45) is 0.471. The summed E-state index contributed by atoms with van der Waals surface area (Å²) in [4.78, 5) is 24.6. The van der Waals surface area contributed by atoms with E-state index in [1.54, 1.807) is 0 Å². The van der Waals surface area contributed by atoms with E-state index in [0.717, 1.165) is 0 Å². The van der Waals surface area contributed by atoms with Crippen LogP contribution in [0.3, 0.4) is 0 Å². The number of benzene rings is 1. The molecule has 3 rings (SSSR count). The van der Waals surface area contributed by atoms with E-state index in [9.17, 15) is 14.0 Å². The van der Waals surface area contributed by atoms with Gasteiger partial charge in [0.15, 0.2) is 0 Å². The van der Waals surface area contributed by atoms with Gasteiger partial charge in [0.2, 0.25) is 5.91 Å². The third kappa shape index (κ3) is 3.61. The standard InChI is InChI=1S/C20H26FNO4/c1-11(2)10-25-16-9-17(20(16,3)4)26-19(24)14-8-18(23)22-15-7-12(21)5-6-13(14)15/h5-7,11,14,16-17H,8-10H2,1-4H3,(H,22,23)/t14-,16+,17-/m0/s1. The Kier molecular flexibility index (Phi) is 5.06. The highest BCUT2D eigenvalue weighted by Gasteiger charge is 2.52. The number of hydrogen-bond donors (Lipinski definition) is 1. The summed E-state index contributed by atoms with van der Waals surface area (Å²) in [5.41, 5.74) is 0.669. The van der Waals surface area contributed by atoms with Crippen LogP contribution in [0.25, 0.3) is 0 Å². The lowest BCUT2D eigenvalue weighted by Crippen LogP contribution is -2.57. The first-order valence-electron chi connectivity index (χ1n) is 9.10. The van der Waals surface area contributed by atoms with Crippen LogP contribution in [0.1, 0.15) is 52.0 Å². The highest BCUT2D eigenvalue weighted by molar-refractivity contribution is 6.00. The molecule has 1 fully saturated rings. The number of anilines is 1. The van der Waals surface area contributed by atoms with Crippen LogP contribution in [-0.2, 0) is 19.1 Å². The Labute approximate surface area is 153 Å². The average Bonchev–Trinajstić information content (AvgIpc) is 2.55. The van der Waals surface area contributed by atoms with E-state index >= 15 is 0 Å². The lowest BCUT2D eigenvalue weighted by atomic mass is 9.66. The first kappa shape index (κ1) is 18.8. The minimum atomic E-state index is -0.703. The quantitative estimate of drug-likeness (QED) is 0.812. The molecular formula is C20H26FNO4. The molecule has 1 aliphatic carbocycles. The molecular weight excluding hydrogens is 337 g/mol. The van der Waals surface area contributed by atoms with E-state index in [0.29, 0.717) is 30.2 Å². The number of esters is 1. The monoisotopic (exact) mass is 363 g/mol. The molecule has 0 spiro atoms. The van der Waals surface area contributed by atoms with Crippen molar-refractivity contribution < 1.29 is 23.5 Å². The number of halogens is 1. The summed E-state index contributed by atoms with van der Waals surface area (Å²) in [7, 11) is 0. The molecule has 1 saturated carbocycles. The number of carbonyl (C=O) groups is 2. The molecule has 1 aliphatic heterocycles. The lowest BCUT2D eigenvalue weighted by Gasteiger charge is -2.50. The fraction of sp³-hybridized carbons (Fsp3) is 0.600. The second-order valence-electron chi connectivity index (χ2n) is 8.23. The van der Waals surface area contributed by atoms with E-state index in [1.807, 2.05) is 13.8 Å². The van der Waals surface area contributed by atoms with Gasteiger partial charge in [-0.05, 0) is 23.6 Å². The van der Waals surface area contributed by atoms with Crippen LogP contribution in [0.4, 0.5) is 10.1 Å². The van der Waals surface area contributed by atoms with E-state index in [1.165, 1.54) is 18.2 Å². The summed E-state index contributed by atoms with van der Waals surface area (Å²) >= 11 is 0. The molecule has 1 N–H and O–H groups in total. The van der Waals surface area contributed by atoms with Gasteiger partial charge in [0, 0.05) is 30.6 Å². The largest absolute Gasteiger partial charge is 0.461 e. The normalized spacial score (nSPS) is 26.7. The number of amides is 1. The summed E-state index contributed by atoms with van der Waals surface area (Å²) in [6.45, 7) is 8.92. The Balaban J connectivity index is 1.67. The number of hydrogen-bond acceptors (Lipinski definition) is 4. The Morgan fingerprint density at radius 3 is 2.73 bits per heavy atom. The van der Waals surface area contributed by atoms with Crippen LogP contribution in [0.15, 0.2) is 18.2 Å². The smallest absolute Gasteiger partial charge is 0.314 e. The summed E-state index contributed by atoms with van der Waals surface area (Å²) < 4.78 is 25.0. The van der Waals surface area contributed by atoms with Crippen molar-refractivity contribution in [2.75, 3.05) is 11.9 Å². The van der Waals surface area contributed by atoms with Crippen LogP contribution >= 0.6 is 0 Å². The van der Waals surface area contributed by atoms with Gasteiger partial charge in [0.1, 0.15) is 11.9 Å². The second-order valence-corrected chi connectivity index (χ2v) is 8.23. The highest BCUT2D eigenvalue weighted by atomic mass is 19.1. The molecule has 0 bridgehead atoms. The summed E-state index contributed by atoms with van der Waals surface area (Å²) in [5.74, 6) is -1.46. The van der Waals surface area contributed by atoms with E-state index in [2.05, 4.69) is 19.2 Å². The zero-order valence-corrected chi connectivity index (χ0v) is 15.7. The predicted molar refractivity (Wildman–Crippen MR) is 95.2 cm³/mol. The van der Waals surface area contributed by atoms with Crippen LogP contribution < -0.4 is 5.32 Å². The van der Waals surface area contributed by atoms with Crippen LogP contribution in [0.2, 0.25) is 0 Å².